The summed E-state index contributed by atoms with van der Waals surface area (Å²) in [6.45, 7) is 9.25. The standard InChI is InChI=1S/C13H18N2/c1-5-8-12(6-2)11-15-13(7-3)9-10-14-4/h5-11,14H,1-2H2,3-4H3/b10-9-,12-8+,13-7+,15-11+. The van der Waals surface area contributed by atoms with Crippen LogP contribution in [0.25, 0.3) is 0 Å². The van der Waals surface area contributed by atoms with Crippen LogP contribution in [0.5, 0.6) is 0 Å². The second kappa shape index (κ2) is 8.75. The van der Waals surface area contributed by atoms with Gasteiger partial charge in [0, 0.05) is 13.3 Å². The molecule has 15 heavy (non-hydrogen) atoms. The van der Waals surface area contributed by atoms with Gasteiger partial charge in [0.15, 0.2) is 0 Å². The minimum absolute atomic E-state index is 0.890. The fraction of sp³-hybridized carbons (Fsp3) is 0.154. The molecule has 0 aliphatic heterocycles. The van der Waals surface area contributed by atoms with Crippen LogP contribution in [0, 0.1) is 0 Å². The molecule has 2 nitrogen and oxygen atoms in total. The second-order valence-electron chi connectivity index (χ2n) is 2.70. The first-order valence-electron chi connectivity index (χ1n) is 4.77. The average molecular weight is 202 g/mol. The Labute approximate surface area is 92.1 Å². The molecular weight excluding hydrogens is 184 g/mol. The molecule has 0 aliphatic carbocycles. The molecule has 0 rings (SSSR count). The molecule has 0 saturated carbocycles. The summed E-state index contributed by atoms with van der Waals surface area (Å²) in [6, 6.07) is 0. The van der Waals surface area contributed by atoms with Crippen molar-refractivity contribution in [3.8, 4) is 0 Å². The Morgan fingerprint density at radius 3 is 2.53 bits per heavy atom. The van der Waals surface area contributed by atoms with E-state index in [0.29, 0.717) is 0 Å². The molecule has 0 fully saturated rings. The lowest BCUT2D eigenvalue weighted by molar-refractivity contribution is 1.10. The third kappa shape index (κ3) is 6.27. The summed E-state index contributed by atoms with van der Waals surface area (Å²) in [7, 11) is 1.85. The van der Waals surface area contributed by atoms with E-state index in [-0.39, 0.29) is 0 Å². The lowest BCUT2D eigenvalue weighted by Gasteiger charge is -1.93. The van der Waals surface area contributed by atoms with E-state index in [1.54, 1.807) is 18.4 Å². The van der Waals surface area contributed by atoms with Gasteiger partial charge in [-0.15, -0.1) is 0 Å². The number of rotatable bonds is 6. The zero-order valence-electron chi connectivity index (χ0n) is 9.40. The van der Waals surface area contributed by atoms with Crippen molar-refractivity contribution in [3.05, 3.63) is 61.0 Å². The molecule has 0 aromatic rings. The van der Waals surface area contributed by atoms with E-state index in [2.05, 4.69) is 23.5 Å². The highest BCUT2D eigenvalue weighted by atomic mass is 14.8. The van der Waals surface area contributed by atoms with Crippen LogP contribution in [-0.4, -0.2) is 13.3 Å². The Bertz CT molecular complexity index is 317. The Hall–Kier alpha value is -1.83. The average Bonchev–Trinajstić information content (AvgIpc) is 2.27. The smallest absolute Gasteiger partial charge is 0.0601 e. The number of aliphatic imine (C=N–C) groups is 1. The first-order chi connectivity index (χ1) is 7.28. The summed E-state index contributed by atoms with van der Waals surface area (Å²) in [5.74, 6) is 0. The lowest BCUT2D eigenvalue weighted by atomic mass is 10.2. The van der Waals surface area contributed by atoms with Crippen LogP contribution in [0.3, 0.4) is 0 Å². The van der Waals surface area contributed by atoms with Crippen LogP contribution < -0.4 is 5.32 Å². The van der Waals surface area contributed by atoms with Crippen molar-refractivity contribution in [1.29, 1.82) is 0 Å². The Balaban J connectivity index is 4.60. The molecule has 0 bridgehead atoms. The summed E-state index contributed by atoms with van der Waals surface area (Å²) in [6.07, 6.45) is 12.7. The van der Waals surface area contributed by atoms with Crippen LogP contribution >= 0.6 is 0 Å². The minimum Gasteiger partial charge on any atom is -0.394 e. The number of nitrogens with zero attached hydrogens (tertiary/aromatic N) is 1. The molecule has 0 saturated heterocycles. The molecule has 0 aliphatic rings. The highest BCUT2D eigenvalue weighted by molar-refractivity contribution is 5.83. The first kappa shape index (κ1) is 13.2. The van der Waals surface area contributed by atoms with Crippen LogP contribution in [0.15, 0.2) is 66.0 Å². The van der Waals surface area contributed by atoms with Crippen LogP contribution in [0.1, 0.15) is 6.92 Å². The van der Waals surface area contributed by atoms with Gasteiger partial charge < -0.3 is 5.32 Å². The summed E-state index contributed by atoms with van der Waals surface area (Å²) in [4.78, 5) is 4.29. The van der Waals surface area contributed by atoms with Gasteiger partial charge in [0.25, 0.3) is 0 Å². The predicted molar refractivity (Wildman–Crippen MR) is 68.9 cm³/mol. The van der Waals surface area contributed by atoms with E-state index in [1.807, 2.05) is 38.4 Å². The van der Waals surface area contributed by atoms with Crippen LogP contribution in [-0.2, 0) is 0 Å². The van der Waals surface area contributed by atoms with Crippen molar-refractivity contribution in [2.24, 2.45) is 4.99 Å². The molecule has 0 amide bonds. The normalized spacial score (nSPS) is 13.5. The molecule has 0 radical (unpaired) electrons. The maximum absolute atomic E-state index is 4.29. The fourth-order valence-electron chi connectivity index (χ4n) is 0.831. The maximum atomic E-state index is 4.29. The van der Waals surface area contributed by atoms with Gasteiger partial charge >= 0.3 is 0 Å². The van der Waals surface area contributed by atoms with Crippen molar-refractivity contribution in [2.75, 3.05) is 7.05 Å². The third-order valence-corrected chi connectivity index (χ3v) is 1.63. The van der Waals surface area contributed by atoms with Gasteiger partial charge in [-0.3, -0.25) is 4.99 Å². The van der Waals surface area contributed by atoms with Crippen molar-refractivity contribution < 1.29 is 0 Å². The molecule has 1 N–H and O–H groups in total. The van der Waals surface area contributed by atoms with E-state index in [9.17, 15) is 0 Å². The Morgan fingerprint density at radius 1 is 1.33 bits per heavy atom. The van der Waals surface area contributed by atoms with Crippen LogP contribution in [0.4, 0.5) is 0 Å². The van der Waals surface area contributed by atoms with Gasteiger partial charge in [-0.1, -0.05) is 37.5 Å². The Kier molecular flexibility index (Phi) is 7.69. The van der Waals surface area contributed by atoms with Crippen LogP contribution in [0.2, 0.25) is 0 Å². The predicted octanol–water partition coefficient (Wildman–Crippen LogP) is 2.99. The van der Waals surface area contributed by atoms with Gasteiger partial charge in [0.2, 0.25) is 0 Å². The summed E-state index contributed by atoms with van der Waals surface area (Å²) in [5.41, 5.74) is 1.82. The zero-order chi connectivity index (χ0) is 11.5. The van der Waals surface area contributed by atoms with E-state index in [1.165, 1.54) is 0 Å². The third-order valence-electron chi connectivity index (χ3n) is 1.63. The fourth-order valence-corrected chi connectivity index (χ4v) is 0.831. The van der Waals surface area contributed by atoms with Crippen molar-refractivity contribution >= 4 is 6.21 Å². The number of nitrogens with one attached hydrogen (secondary N) is 1. The topological polar surface area (TPSA) is 24.4 Å². The summed E-state index contributed by atoms with van der Waals surface area (Å²) in [5, 5.41) is 2.91. The summed E-state index contributed by atoms with van der Waals surface area (Å²) < 4.78 is 0. The maximum Gasteiger partial charge on any atom is 0.0601 e. The second-order valence-corrected chi connectivity index (χ2v) is 2.70. The molecule has 0 aromatic carbocycles. The van der Waals surface area contributed by atoms with Crippen molar-refractivity contribution in [1.82, 2.24) is 5.32 Å². The monoisotopic (exact) mass is 202 g/mol. The SMILES string of the molecule is C=C/C=C(C=C)/C=N/C(/C=C\NC)=C/C. The van der Waals surface area contributed by atoms with E-state index in [0.717, 1.165) is 11.3 Å². The highest BCUT2D eigenvalue weighted by Gasteiger charge is 1.86. The highest BCUT2D eigenvalue weighted by Crippen LogP contribution is 2.00. The molecule has 0 spiro atoms. The number of hydrogen-bond donors (Lipinski definition) is 1. The van der Waals surface area contributed by atoms with Gasteiger partial charge in [-0.25, -0.2) is 0 Å². The van der Waals surface area contributed by atoms with Gasteiger partial charge in [0.05, 0.1) is 5.70 Å². The van der Waals surface area contributed by atoms with Gasteiger partial charge in [-0.05, 0) is 24.8 Å². The minimum atomic E-state index is 0.890. The largest absolute Gasteiger partial charge is 0.394 e. The van der Waals surface area contributed by atoms with Gasteiger partial charge in [0.1, 0.15) is 0 Å². The lowest BCUT2D eigenvalue weighted by Crippen LogP contribution is -1.91. The van der Waals surface area contributed by atoms with Crippen molar-refractivity contribution in [2.45, 2.75) is 6.92 Å². The van der Waals surface area contributed by atoms with Gasteiger partial charge in [-0.2, -0.15) is 0 Å². The Morgan fingerprint density at radius 2 is 2.07 bits per heavy atom. The molecular formula is C13H18N2. The zero-order valence-corrected chi connectivity index (χ0v) is 9.40. The number of allylic oxidation sites excluding steroid dienone is 6. The van der Waals surface area contributed by atoms with E-state index < -0.39 is 0 Å². The molecule has 2 heteroatoms. The molecule has 0 unspecified atom stereocenters. The number of hydrogen-bond acceptors (Lipinski definition) is 2. The first-order valence-corrected chi connectivity index (χ1v) is 4.77. The molecule has 0 atom stereocenters. The summed E-state index contributed by atoms with van der Waals surface area (Å²) >= 11 is 0. The van der Waals surface area contributed by atoms with E-state index >= 15 is 0 Å². The molecule has 0 aromatic heterocycles. The van der Waals surface area contributed by atoms with Crippen molar-refractivity contribution in [3.63, 3.8) is 0 Å². The molecule has 0 heterocycles. The quantitative estimate of drug-likeness (QED) is 0.519. The molecule has 80 valence electrons. The van der Waals surface area contributed by atoms with E-state index in [4.69, 9.17) is 0 Å².